The van der Waals surface area contributed by atoms with Crippen LogP contribution in [0.25, 0.3) is 0 Å². The van der Waals surface area contributed by atoms with Gasteiger partial charge in [0.1, 0.15) is 6.61 Å². The number of aromatic nitrogens is 1. The lowest BCUT2D eigenvalue weighted by Crippen LogP contribution is -2.32. The number of rotatable bonds is 6. The van der Waals surface area contributed by atoms with Crippen LogP contribution in [0.3, 0.4) is 0 Å². The van der Waals surface area contributed by atoms with E-state index in [1.165, 1.54) is 0 Å². The predicted molar refractivity (Wildman–Crippen MR) is 90.4 cm³/mol. The highest BCUT2D eigenvalue weighted by Crippen LogP contribution is 2.30. The molecule has 0 radical (unpaired) electrons. The number of carbonyl (C=O) groups is 1. The monoisotopic (exact) mass is 328 g/mol. The van der Waals surface area contributed by atoms with Crippen molar-refractivity contribution in [1.82, 2.24) is 10.1 Å². The zero-order chi connectivity index (χ0) is 17.2. The molecule has 1 aliphatic rings. The van der Waals surface area contributed by atoms with Gasteiger partial charge in [0.25, 0.3) is 5.91 Å². The molecular formula is C19H24N2O3. The quantitative estimate of drug-likeness (QED) is 0.809. The van der Waals surface area contributed by atoms with E-state index in [1.54, 1.807) is 6.07 Å². The zero-order valence-electron chi connectivity index (χ0n) is 14.5. The minimum Gasteiger partial charge on any atom is -0.368 e. The van der Waals surface area contributed by atoms with Crippen LogP contribution in [0.15, 0.2) is 40.9 Å². The molecular weight excluding hydrogens is 304 g/mol. The molecule has 5 heteroatoms. The third-order valence-corrected chi connectivity index (χ3v) is 3.87. The Morgan fingerprint density at radius 1 is 1.29 bits per heavy atom. The van der Waals surface area contributed by atoms with Gasteiger partial charge in [-0.05, 0) is 39.2 Å². The molecule has 0 N–H and O–H groups in total. The molecule has 0 saturated heterocycles. The number of benzene rings is 1. The van der Waals surface area contributed by atoms with E-state index >= 15 is 0 Å². The Bertz CT molecular complexity index is 684. The average molecular weight is 328 g/mol. The number of nitrogens with zero attached hydrogens (tertiary/aromatic N) is 2. The maximum Gasteiger partial charge on any atom is 0.276 e. The highest BCUT2D eigenvalue weighted by Gasteiger charge is 2.34. The zero-order valence-corrected chi connectivity index (χ0v) is 14.5. The largest absolute Gasteiger partial charge is 0.368 e. The molecule has 2 aromatic rings. The van der Waals surface area contributed by atoms with Crippen molar-refractivity contribution in [2.75, 3.05) is 0 Å². The van der Waals surface area contributed by atoms with E-state index in [-0.39, 0.29) is 11.5 Å². The molecule has 128 valence electrons. The van der Waals surface area contributed by atoms with Crippen molar-refractivity contribution in [2.45, 2.75) is 58.4 Å². The molecule has 1 heterocycles. The van der Waals surface area contributed by atoms with Gasteiger partial charge in [0, 0.05) is 18.7 Å². The highest BCUT2D eigenvalue weighted by atomic mass is 16.5. The summed E-state index contributed by atoms with van der Waals surface area (Å²) < 4.78 is 10.9. The molecule has 0 bridgehead atoms. The van der Waals surface area contributed by atoms with Crippen molar-refractivity contribution in [3.63, 3.8) is 0 Å². The Morgan fingerprint density at radius 3 is 2.62 bits per heavy atom. The third kappa shape index (κ3) is 4.45. The normalized spacial score (nSPS) is 14.6. The first-order chi connectivity index (χ1) is 11.4. The third-order valence-electron chi connectivity index (χ3n) is 3.87. The second-order valence-electron chi connectivity index (χ2n) is 7.23. The summed E-state index contributed by atoms with van der Waals surface area (Å²) in [4.78, 5) is 14.7. The molecule has 3 rings (SSSR count). The topological polar surface area (TPSA) is 55.6 Å². The molecule has 24 heavy (non-hydrogen) atoms. The van der Waals surface area contributed by atoms with Crippen LogP contribution >= 0.6 is 0 Å². The Kier molecular flexibility index (Phi) is 4.71. The van der Waals surface area contributed by atoms with Crippen molar-refractivity contribution < 1.29 is 14.1 Å². The molecule has 1 aliphatic carbocycles. The average Bonchev–Trinajstić information content (AvgIpc) is 3.27. The minimum absolute atomic E-state index is 0.0767. The van der Waals surface area contributed by atoms with E-state index in [0.717, 1.165) is 18.4 Å². The van der Waals surface area contributed by atoms with Gasteiger partial charge in [0.2, 0.25) is 0 Å². The van der Waals surface area contributed by atoms with Gasteiger partial charge in [-0.15, -0.1) is 0 Å². The molecule has 0 atom stereocenters. The molecule has 1 aromatic heterocycles. The van der Waals surface area contributed by atoms with Gasteiger partial charge in [0.15, 0.2) is 11.5 Å². The molecule has 0 unspecified atom stereocenters. The fourth-order valence-electron chi connectivity index (χ4n) is 2.45. The first kappa shape index (κ1) is 16.7. The van der Waals surface area contributed by atoms with Crippen molar-refractivity contribution in [3.8, 4) is 0 Å². The maximum atomic E-state index is 12.8. The van der Waals surface area contributed by atoms with Crippen LogP contribution in [-0.4, -0.2) is 27.6 Å². The first-order valence-electron chi connectivity index (χ1n) is 8.37. The molecule has 1 saturated carbocycles. The summed E-state index contributed by atoms with van der Waals surface area (Å²) >= 11 is 0. The number of ether oxygens (including phenoxy) is 1. The highest BCUT2D eigenvalue weighted by molar-refractivity contribution is 5.92. The lowest BCUT2D eigenvalue weighted by molar-refractivity contribution is -0.0241. The Hall–Kier alpha value is -2.14. The van der Waals surface area contributed by atoms with Crippen LogP contribution in [0.4, 0.5) is 0 Å². The summed E-state index contributed by atoms with van der Waals surface area (Å²) in [5, 5.41) is 3.94. The summed E-state index contributed by atoms with van der Waals surface area (Å²) in [5.41, 5.74) is 1.22. The standard InChI is InChI=1S/C19H24N2O3/c1-19(2,3)23-13-16-11-17(20-24-16)18(22)21(15-9-10-15)12-14-7-5-4-6-8-14/h4-8,11,15H,9-10,12-13H2,1-3H3. The summed E-state index contributed by atoms with van der Waals surface area (Å²) in [6, 6.07) is 12.0. The SMILES string of the molecule is CC(C)(C)OCc1cc(C(=O)N(Cc2ccccc2)C2CC2)no1. The lowest BCUT2D eigenvalue weighted by atomic mass is 10.2. The van der Waals surface area contributed by atoms with E-state index in [1.807, 2.05) is 56.0 Å². The molecule has 1 fully saturated rings. The van der Waals surface area contributed by atoms with E-state index in [0.29, 0.717) is 30.6 Å². The molecule has 1 aromatic carbocycles. The Balaban J connectivity index is 1.68. The summed E-state index contributed by atoms with van der Waals surface area (Å²) in [5.74, 6) is 0.496. The van der Waals surface area contributed by atoms with Gasteiger partial charge in [-0.2, -0.15) is 0 Å². The number of amides is 1. The molecule has 5 nitrogen and oxygen atoms in total. The molecule has 1 amide bonds. The fraction of sp³-hybridized carbons (Fsp3) is 0.474. The van der Waals surface area contributed by atoms with Crippen LogP contribution in [0.2, 0.25) is 0 Å². The van der Waals surface area contributed by atoms with E-state index < -0.39 is 0 Å². The van der Waals surface area contributed by atoms with Crippen molar-refractivity contribution in [3.05, 3.63) is 53.4 Å². The smallest absolute Gasteiger partial charge is 0.276 e. The van der Waals surface area contributed by atoms with Crippen LogP contribution < -0.4 is 0 Å². The van der Waals surface area contributed by atoms with Gasteiger partial charge in [0.05, 0.1) is 5.60 Å². The Labute approximate surface area is 142 Å². The maximum absolute atomic E-state index is 12.8. The van der Waals surface area contributed by atoms with Crippen LogP contribution in [0.5, 0.6) is 0 Å². The number of hydrogen-bond acceptors (Lipinski definition) is 4. The summed E-state index contributed by atoms with van der Waals surface area (Å²) in [6.07, 6.45) is 2.10. The summed E-state index contributed by atoms with van der Waals surface area (Å²) in [7, 11) is 0. The van der Waals surface area contributed by atoms with E-state index in [2.05, 4.69) is 5.16 Å². The van der Waals surface area contributed by atoms with Crippen LogP contribution in [0, 0.1) is 0 Å². The van der Waals surface area contributed by atoms with Gasteiger partial charge in [-0.3, -0.25) is 4.79 Å². The second kappa shape index (κ2) is 6.77. The van der Waals surface area contributed by atoms with Gasteiger partial charge in [-0.25, -0.2) is 0 Å². The number of carbonyl (C=O) groups excluding carboxylic acids is 1. The van der Waals surface area contributed by atoms with E-state index in [9.17, 15) is 4.79 Å². The van der Waals surface area contributed by atoms with Gasteiger partial charge in [-0.1, -0.05) is 35.5 Å². The lowest BCUT2D eigenvalue weighted by Gasteiger charge is -2.21. The molecule has 0 aliphatic heterocycles. The molecule has 0 spiro atoms. The summed E-state index contributed by atoms with van der Waals surface area (Å²) in [6.45, 7) is 6.84. The fourth-order valence-corrected chi connectivity index (χ4v) is 2.45. The van der Waals surface area contributed by atoms with Crippen LogP contribution in [-0.2, 0) is 17.9 Å². The van der Waals surface area contributed by atoms with Crippen molar-refractivity contribution >= 4 is 5.91 Å². The number of hydrogen-bond donors (Lipinski definition) is 0. The first-order valence-corrected chi connectivity index (χ1v) is 8.37. The van der Waals surface area contributed by atoms with Gasteiger partial charge < -0.3 is 14.2 Å². The van der Waals surface area contributed by atoms with Crippen molar-refractivity contribution in [1.29, 1.82) is 0 Å². The predicted octanol–water partition coefficient (Wildman–Crippen LogP) is 3.79. The van der Waals surface area contributed by atoms with Gasteiger partial charge >= 0.3 is 0 Å². The van der Waals surface area contributed by atoms with E-state index in [4.69, 9.17) is 9.26 Å². The van der Waals surface area contributed by atoms with Crippen LogP contribution in [0.1, 0.15) is 55.4 Å². The Morgan fingerprint density at radius 2 is 2.00 bits per heavy atom. The second-order valence-corrected chi connectivity index (χ2v) is 7.23. The van der Waals surface area contributed by atoms with Crippen molar-refractivity contribution in [2.24, 2.45) is 0 Å². The minimum atomic E-state index is -0.260.